The monoisotopic (exact) mass is 317 g/mol. The van der Waals surface area contributed by atoms with Crippen LogP contribution < -0.4 is 10.6 Å². The van der Waals surface area contributed by atoms with Crippen molar-refractivity contribution in [1.82, 2.24) is 4.90 Å². The van der Waals surface area contributed by atoms with Crippen molar-refractivity contribution in [3.05, 3.63) is 24.3 Å². The lowest BCUT2D eigenvalue weighted by molar-refractivity contribution is -0.121. The molecule has 1 heterocycles. The average Bonchev–Trinajstić information content (AvgIpc) is 2.48. The molecule has 1 saturated heterocycles. The van der Waals surface area contributed by atoms with E-state index in [0.29, 0.717) is 0 Å². The number of carbonyl (C=O) groups is 2. The van der Waals surface area contributed by atoms with E-state index < -0.39 is 0 Å². The summed E-state index contributed by atoms with van der Waals surface area (Å²) in [5.74, 6) is -0.0784. The Bertz CT molecular complexity index is 520. The maximum absolute atomic E-state index is 12.5. The summed E-state index contributed by atoms with van der Waals surface area (Å²) in [5, 5.41) is 5.68. The van der Waals surface area contributed by atoms with Crippen LogP contribution in [-0.4, -0.2) is 35.8 Å². The molecule has 2 rings (SSSR count). The Morgan fingerprint density at radius 2 is 1.39 bits per heavy atom. The van der Waals surface area contributed by atoms with Gasteiger partial charge < -0.3 is 10.6 Å². The maximum atomic E-state index is 12.5. The van der Waals surface area contributed by atoms with Crippen molar-refractivity contribution in [2.75, 3.05) is 23.7 Å². The van der Waals surface area contributed by atoms with Gasteiger partial charge in [0.15, 0.2) is 0 Å². The van der Waals surface area contributed by atoms with Gasteiger partial charge in [-0.25, -0.2) is 0 Å². The van der Waals surface area contributed by atoms with Crippen molar-refractivity contribution in [1.29, 1.82) is 0 Å². The smallest absolute Gasteiger partial charge is 0.241 e. The summed E-state index contributed by atoms with van der Waals surface area (Å²) in [4.78, 5) is 25.7. The lowest BCUT2D eigenvalue weighted by atomic mass is 10.1. The summed E-state index contributed by atoms with van der Waals surface area (Å²) in [5.41, 5.74) is 1.48. The van der Waals surface area contributed by atoms with Crippen LogP contribution in [0.3, 0.4) is 0 Å². The van der Waals surface area contributed by atoms with E-state index in [4.69, 9.17) is 0 Å². The lowest BCUT2D eigenvalue weighted by Crippen LogP contribution is -2.43. The molecule has 0 bridgehead atoms. The van der Waals surface area contributed by atoms with Gasteiger partial charge in [-0.05, 0) is 57.1 Å². The van der Waals surface area contributed by atoms with E-state index in [1.54, 1.807) is 12.1 Å². The summed E-state index contributed by atoms with van der Waals surface area (Å²) in [6.45, 7) is 5.44. The zero-order valence-corrected chi connectivity index (χ0v) is 14.1. The Balaban J connectivity index is 1.90. The first-order valence-corrected chi connectivity index (χ1v) is 8.49. The van der Waals surface area contributed by atoms with Crippen molar-refractivity contribution in [2.45, 2.75) is 52.0 Å². The van der Waals surface area contributed by atoms with E-state index in [2.05, 4.69) is 15.5 Å². The second kappa shape index (κ2) is 8.67. The summed E-state index contributed by atoms with van der Waals surface area (Å²) in [6.07, 6.45) is 6.17. The van der Waals surface area contributed by atoms with Crippen molar-refractivity contribution in [3.63, 3.8) is 0 Å². The number of carbonyl (C=O) groups excluding carboxylic acids is 2. The van der Waals surface area contributed by atoms with Gasteiger partial charge >= 0.3 is 0 Å². The molecule has 0 aromatic heterocycles. The highest BCUT2D eigenvalue weighted by atomic mass is 16.2. The summed E-state index contributed by atoms with van der Waals surface area (Å²) in [6, 6.07) is 7.07. The molecule has 23 heavy (non-hydrogen) atoms. The molecule has 0 radical (unpaired) electrons. The normalized spacial score (nSPS) is 17.7. The van der Waals surface area contributed by atoms with Gasteiger partial charge in [0.05, 0.1) is 6.04 Å². The molecule has 1 aliphatic rings. The Morgan fingerprint density at radius 3 is 1.91 bits per heavy atom. The fraction of sp³-hybridized carbons (Fsp3) is 0.556. The van der Waals surface area contributed by atoms with Gasteiger partial charge in [-0.2, -0.15) is 0 Å². The highest BCUT2D eigenvalue weighted by Gasteiger charge is 2.21. The number of amides is 2. The molecular weight excluding hydrogens is 290 g/mol. The van der Waals surface area contributed by atoms with Gasteiger partial charge in [0.1, 0.15) is 0 Å². The Morgan fingerprint density at radius 1 is 0.913 bits per heavy atom. The highest BCUT2D eigenvalue weighted by molar-refractivity contribution is 5.95. The summed E-state index contributed by atoms with van der Waals surface area (Å²) >= 11 is 0. The Hall–Kier alpha value is -1.88. The molecule has 1 aromatic rings. The van der Waals surface area contributed by atoms with E-state index in [0.717, 1.165) is 24.5 Å². The third-order valence-corrected chi connectivity index (χ3v) is 4.29. The molecule has 0 spiro atoms. The number of hydrogen-bond donors (Lipinski definition) is 2. The van der Waals surface area contributed by atoms with Crippen molar-refractivity contribution >= 4 is 23.2 Å². The van der Waals surface area contributed by atoms with Crippen molar-refractivity contribution in [3.8, 4) is 0 Å². The highest BCUT2D eigenvalue weighted by Crippen LogP contribution is 2.16. The Kier molecular flexibility index (Phi) is 6.59. The van der Waals surface area contributed by atoms with Crippen LogP contribution in [-0.2, 0) is 9.59 Å². The van der Waals surface area contributed by atoms with Crippen LogP contribution in [0.25, 0.3) is 0 Å². The van der Waals surface area contributed by atoms with Crippen molar-refractivity contribution < 1.29 is 9.59 Å². The quantitative estimate of drug-likeness (QED) is 0.896. The fourth-order valence-corrected chi connectivity index (χ4v) is 2.91. The van der Waals surface area contributed by atoms with Crippen LogP contribution in [0.4, 0.5) is 11.4 Å². The number of nitrogens with zero attached hydrogens (tertiary/aromatic N) is 1. The van der Waals surface area contributed by atoms with E-state index in [1.807, 2.05) is 19.1 Å². The standard InChI is InChI=1S/C18H27N3O2/c1-14(21-12-6-4-3-5-7-13-21)18(23)20-17-10-8-16(9-11-17)19-15(2)22/h8-11,14H,3-7,12-13H2,1-2H3,(H,19,22)(H,20,23). The molecule has 0 saturated carbocycles. The maximum Gasteiger partial charge on any atom is 0.241 e. The first-order valence-electron chi connectivity index (χ1n) is 8.49. The van der Waals surface area contributed by atoms with Gasteiger partial charge in [-0.1, -0.05) is 19.3 Å². The van der Waals surface area contributed by atoms with E-state index >= 15 is 0 Å². The largest absolute Gasteiger partial charge is 0.326 e. The van der Waals surface area contributed by atoms with Crippen LogP contribution in [0.15, 0.2) is 24.3 Å². The number of benzene rings is 1. The molecule has 1 aliphatic heterocycles. The van der Waals surface area contributed by atoms with Gasteiger partial charge in [0.25, 0.3) is 0 Å². The van der Waals surface area contributed by atoms with Gasteiger partial charge in [-0.15, -0.1) is 0 Å². The number of hydrogen-bond acceptors (Lipinski definition) is 3. The van der Waals surface area contributed by atoms with Crippen LogP contribution in [0.5, 0.6) is 0 Å². The lowest BCUT2D eigenvalue weighted by Gasteiger charge is -2.29. The van der Waals surface area contributed by atoms with E-state index in [9.17, 15) is 9.59 Å². The second-order valence-electron chi connectivity index (χ2n) is 6.23. The van der Waals surface area contributed by atoms with E-state index in [1.165, 1.54) is 39.0 Å². The van der Waals surface area contributed by atoms with Gasteiger partial charge in [0, 0.05) is 18.3 Å². The molecule has 126 valence electrons. The third-order valence-electron chi connectivity index (χ3n) is 4.29. The predicted molar refractivity (Wildman–Crippen MR) is 93.5 cm³/mol. The summed E-state index contributed by atoms with van der Waals surface area (Å²) < 4.78 is 0. The molecule has 1 unspecified atom stereocenters. The number of anilines is 2. The average molecular weight is 317 g/mol. The molecular formula is C18H27N3O2. The topological polar surface area (TPSA) is 61.4 Å². The first kappa shape index (κ1) is 17.5. The first-order chi connectivity index (χ1) is 11.1. The fourth-order valence-electron chi connectivity index (χ4n) is 2.91. The molecule has 1 aromatic carbocycles. The van der Waals surface area contributed by atoms with Crippen molar-refractivity contribution in [2.24, 2.45) is 0 Å². The molecule has 0 aliphatic carbocycles. The van der Waals surface area contributed by atoms with Crippen LogP contribution >= 0.6 is 0 Å². The molecule has 1 atom stereocenters. The number of likely N-dealkylation sites (tertiary alicyclic amines) is 1. The van der Waals surface area contributed by atoms with Crippen LogP contribution in [0.2, 0.25) is 0 Å². The molecule has 1 fully saturated rings. The molecule has 5 heteroatoms. The zero-order chi connectivity index (χ0) is 16.7. The summed E-state index contributed by atoms with van der Waals surface area (Å²) in [7, 11) is 0. The zero-order valence-electron chi connectivity index (χ0n) is 14.1. The number of nitrogens with one attached hydrogen (secondary N) is 2. The van der Waals surface area contributed by atoms with Gasteiger partial charge in [0.2, 0.25) is 11.8 Å². The minimum atomic E-state index is -0.122. The second-order valence-corrected chi connectivity index (χ2v) is 6.23. The van der Waals surface area contributed by atoms with Crippen LogP contribution in [0.1, 0.15) is 46.0 Å². The minimum absolute atomic E-state index is 0.0258. The molecule has 2 N–H and O–H groups in total. The SMILES string of the molecule is CC(=O)Nc1ccc(NC(=O)C(C)N2CCCCCCC2)cc1. The molecule has 2 amide bonds. The van der Waals surface area contributed by atoms with Gasteiger partial charge in [-0.3, -0.25) is 14.5 Å². The third kappa shape index (κ3) is 5.67. The minimum Gasteiger partial charge on any atom is -0.326 e. The number of rotatable bonds is 4. The van der Waals surface area contributed by atoms with E-state index in [-0.39, 0.29) is 17.9 Å². The molecule has 5 nitrogen and oxygen atoms in total. The Labute approximate surface area is 138 Å². The predicted octanol–water partition coefficient (Wildman–Crippen LogP) is 3.24. The van der Waals surface area contributed by atoms with Crippen LogP contribution in [0, 0.1) is 0 Å².